The minimum Gasteiger partial charge on any atom is -0.365 e. The summed E-state index contributed by atoms with van der Waals surface area (Å²) in [5, 5.41) is 12.3. The molecule has 25 heavy (non-hydrogen) atoms. The quantitative estimate of drug-likeness (QED) is 0.879. The van der Waals surface area contributed by atoms with Crippen molar-refractivity contribution in [2.45, 2.75) is 25.3 Å². The highest BCUT2D eigenvalue weighted by atomic mass is 16.2. The molecule has 1 N–H and O–H groups in total. The molecule has 0 unspecified atom stereocenters. The number of carbonyl (C=O) groups is 1. The third-order valence-electron chi connectivity index (χ3n) is 4.81. The average Bonchev–Trinajstić information content (AvgIpc) is 3.48. The van der Waals surface area contributed by atoms with Crippen LogP contribution in [0.15, 0.2) is 54.6 Å². The number of likely N-dealkylation sites (N-methyl/N-ethyl adjacent to an activating group) is 1. The van der Waals surface area contributed by atoms with Crippen molar-refractivity contribution in [1.82, 2.24) is 5.32 Å². The maximum atomic E-state index is 12.5. The van der Waals surface area contributed by atoms with Crippen molar-refractivity contribution in [3.8, 4) is 17.2 Å². The van der Waals surface area contributed by atoms with Gasteiger partial charge in [-0.25, -0.2) is 0 Å². The summed E-state index contributed by atoms with van der Waals surface area (Å²) in [6.45, 7) is 2.04. The van der Waals surface area contributed by atoms with Gasteiger partial charge in [-0.15, -0.1) is 0 Å². The number of nitrogens with zero attached hydrogens (tertiary/aromatic N) is 2. The first-order valence-corrected chi connectivity index (χ1v) is 8.61. The van der Waals surface area contributed by atoms with Gasteiger partial charge in [-0.05, 0) is 37.3 Å². The summed E-state index contributed by atoms with van der Waals surface area (Å²) in [6, 6.07) is 20.4. The topological polar surface area (TPSA) is 56.1 Å². The van der Waals surface area contributed by atoms with E-state index in [1.807, 2.05) is 55.3 Å². The smallest absolute Gasteiger partial charge is 0.240 e. The molecule has 2 aromatic carbocycles. The molecule has 128 valence electrons. The molecule has 0 aliphatic heterocycles. The normalized spacial score (nSPS) is 15.7. The Morgan fingerprint density at radius 2 is 1.84 bits per heavy atom. The monoisotopic (exact) mass is 333 g/mol. The number of rotatable bonds is 6. The van der Waals surface area contributed by atoms with Crippen molar-refractivity contribution < 1.29 is 4.79 Å². The summed E-state index contributed by atoms with van der Waals surface area (Å²) in [6.07, 6.45) is 2.02. The van der Waals surface area contributed by atoms with Crippen LogP contribution in [0.2, 0.25) is 0 Å². The molecule has 2 aromatic rings. The second kappa shape index (κ2) is 6.98. The molecule has 0 radical (unpaired) electrons. The van der Waals surface area contributed by atoms with Crippen molar-refractivity contribution in [1.29, 1.82) is 5.26 Å². The summed E-state index contributed by atoms with van der Waals surface area (Å²) < 4.78 is 0. The summed E-state index contributed by atoms with van der Waals surface area (Å²) in [7, 11) is 1.90. The maximum absolute atomic E-state index is 12.5. The van der Waals surface area contributed by atoms with Gasteiger partial charge in [-0.1, -0.05) is 48.5 Å². The Bertz CT molecular complexity index is 792. The van der Waals surface area contributed by atoms with Crippen molar-refractivity contribution in [3.63, 3.8) is 0 Å². The van der Waals surface area contributed by atoms with E-state index in [0.29, 0.717) is 0 Å². The molecule has 3 rings (SSSR count). The molecule has 4 heteroatoms. The van der Waals surface area contributed by atoms with E-state index in [-0.39, 0.29) is 18.4 Å². The fourth-order valence-electron chi connectivity index (χ4n) is 3.18. The highest BCUT2D eigenvalue weighted by Crippen LogP contribution is 2.39. The van der Waals surface area contributed by atoms with Gasteiger partial charge in [0, 0.05) is 18.3 Å². The van der Waals surface area contributed by atoms with Gasteiger partial charge in [0.2, 0.25) is 5.91 Å². The Balaban J connectivity index is 1.75. The lowest BCUT2D eigenvalue weighted by Gasteiger charge is -2.26. The van der Waals surface area contributed by atoms with E-state index < -0.39 is 5.54 Å². The van der Waals surface area contributed by atoms with Gasteiger partial charge in [-0.2, -0.15) is 5.26 Å². The zero-order valence-corrected chi connectivity index (χ0v) is 14.7. The molecule has 1 saturated carbocycles. The first-order valence-electron chi connectivity index (χ1n) is 8.61. The number of hydrogen-bond acceptors (Lipinski definition) is 3. The summed E-state index contributed by atoms with van der Waals surface area (Å²) in [4.78, 5) is 14.4. The number of para-hydroxylation sites is 1. The molecular formula is C21H23N3O. The lowest BCUT2D eigenvalue weighted by molar-refractivity contribution is -0.121. The van der Waals surface area contributed by atoms with E-state index in [2.05, 4.69) is 29.6 Å². The number of anilines is 1. The molecule has 1 atom stereocenters. The van der Waals surface area contributed by atoms with Gasteiger partial charge in [0.15, 0.2) is 0 Å². The van der Waals surface area contributed by atoms with Crippen LogP contribution in [-0.4, -0.2) is 25.0 Å². The number of nitriles is 1. The molecule has 0 spiro atoms. The third-order valence-corrected chi connectivity index (χ3v) is 4.81. The average molecular weight is 333 g/mol. The molecule has 1 amide bonds. The predicted octanol–water partition coefficient (Wildman–Crippen LogP) is 3.60. The van der Waals surface area contributed by atoms with E-state index in [0.717, 1.165) is 29.7 Å². The van der Waals surface area contributed by atoms with Gasteiger partial charge in [-0.3, -0.25) is 4.79 Å². The summed E-state index contributed by atoms with van der Waals surface area (Å²) in [5.41, 5.74) is 2.44. The molecule has 1 aliphatic carbocycles. The first kappa shape index (κ1) is 17.0. The highest BCUT2D eigenvalue weighted by molar-refractivity contribution is 5.85. The molecule has 0 aromatic heterocycles. The Morgan fingerprint density at radius 1 is 1.20 bits per heavy atom. The lowest BCUT2D eigenvalue weighted by atomic mass is 9.98. The molecule has 0 bridgehead atoms. The number of nitrogens with one attached hydrogen (secondary N) is 1. The van der Waals surface area contributed by atoms with Crippen LogP contribution in [0.4, 0.5) is 5.69 Å². The number of hydrogen-bond donors (Lipinski definition) is 1. The van der Waals surface area contributed by atoms with Crippen LogP contribution >= 0.6 is 0 Å². The summed E-state index contributed by atoms with van der Waals surface area (Å²) in [5.74, 6) is 0.157. The van der Waals surface area contributed by atoms with Crippen molar-refractivity contribution in [2.24, 2.45) is 5.92 Å². The Labute approximate surface area is 149 Å². The largest absolute Gasteiger partial charge is 0.365 e. The summed E-state index contributed by atoms with van der Waals surface area (Å²) >= 11 is 0. The van der Waals surface area contributed by atoms with E-state index in [1.54, 1.807) is 0 Å². The van der Waals surface area contributed by atoms with Crippen LogP contribution in [0.25, 0.3) is 11.1 Å². The van der Waals surface area contributed by atoms with Crippen molar-refractivity contribution in [3.05, 3.63) is 54.6 Å². The SMILES string of the molecule is CN(CC(=O)N[C@@](C)(C#N)C1CC1)c1ccccc1-c1ccccc1. The van der Waals surface area contributed by atoms with E-state index in [9.17, 15) is 10.1 Å². The van der Waals surface area contributed by atoms with Crippen molar-refractivity contribution >= 4 is 11.6 Å². The van der Waals surface area contributed by atoms with E-state index in [1.165, 1.54) is 0 Å². The van der Waals surface area contributed by atoms with Gasteiger partial charge >= 0.3 is 0 Å². The zero-order chi connectivity index (χ0) is 17.9. The second-order valence-electron chi connectivity index (χ2n) is 6.88. The molecular weight excluding hydrogens is 310 g/mol. The van der Waals surface area contributed by atoms with Crippen LogP contribution in [0.5, 0.6) is 0 Å². The van der Waals surface area contributed by atoms with Crippen LogP contribution in [-0.2, 0) is 4.79 Å². The number of benzene rings is 2. The minimum atomic E-state index is -0.753. The number of amides is 1. The molecule has 1 fully saturated rings. The molecule has 1 aliphatic rings. The van der Waals surface area contributed by atoms with Gasteiger partial charge in [0.05, 0.1) is 12.6 Å². The van der Waals surface area contributed by atoms with Crippen LogP contribution in [0.1, 0.15) is 19.8 Å². The first-order chi connectivity index (χ1) is 12.0. The Kier molecular flexibility index (Phi) is 4.76. The van der Waals surface area contributed by atoms with E-state index in [4.69, 9.17) is 0 Å². The highest BCUT2D eigenvalue weighted by Gasteiger charge is 2.43. The van der Waals surface area contributed by atoms with Gasteiger partial charge in [0.1, 0.15) is 5.54 Å². The standard InChI is InChI=1S/C21H23N3O/c1-21(15-22,17-12-13-17)23-20(25)14-24(2)19-11-7-6-10-18(19)16-8-4-3-5-9-16/h3-11,17H,12-14H2,1-2H3,(H,23,25)/t21-/m0/s1. The Morgan fingerprint density at radius 3 is 2.48 bits per heavy atom. The van der Waals surface area contributed by atoms with E-state index >= 15 is 0 Å². The van der Waals surface area contributed by atoms with Crippen molar-refractivity contribution in [2.75, 3.05) is 18.5 Å². The fourth-order valence-corrected chi connectivity index (χ4v) is 3.18. The van der Waals surface area contributed by atoms with Crippen LogP contribution < -0.4 is 10.2 Å². The lowest BCUT2D eigenvalue weighted by Crippen LogP contribution is -2.49. The van der Waals surface area contributed by atoms with Gasteiger partial charge < -0.3 is 10.2 Å². The molecule has 0 saturated heterocycles. The van der Waals surface area contributed by atoms with Crippen LogP contribution in [0.3, 0.4) is 0 Å². The second-order valence-corrected chi connectivity index (χ2v) is 6.88. The fraction of sp³-hybridized carbons (Fsp3) is 0.333. The maximum Gasteiger partial charge on any atom is 0.240 e. The zero-order valence-electron chi connectivity index (χ0n) is 14.7. The number of carbonyl (C=O) groups excluding carboxylic acids is 1. The van der Waals surface area contributed by atoms with Crippen LogP contribution in [0, 0.1) is 17.2 Å². The van der Waals surface area contributed by atoms with Gasteiger partial charge in [0.25, 0.3) is 0 Å². The molecule has 4 nitrogen and oxygen atoms in total. The Hall–Kier alpha value is -2.80. The minimum absolute atomic E-state index is 0.124. The third kappa shape index (κ3) is 3.83. The predicted molar refractivity (Wildman–Crippen MR) is 100 cm³/mol. The molecule has 0 heterocycles.